The van der Waals surface area contributed by atoms with Crippen molar-refractivity contribution < 1.29 is 14.7 Å². The highest BCUT2D eigenvalue weighted by Crippen LogP contribution is 2.07. The van der Waals surface area contributed by atoms with Gasteiger partial charge in [0.1, 0.15) is 6.73 Å². The number of hydrogen-bond acceptors (Lipinski definition) is 3. The summed E-state index contributed by atoms with van der Waals surface area (Å²) >= 11 is 0. The molecule has 1 saturated heterocycles. The van der Waals surface area contributed by atoms with E-state index in [1.807, 2.05) is 0 Å². The van der Waals surface area contributed by atoms with E-state index in [-0.39, 0.29) is 25.1 Å². The van der Waals surface area contributed by atoms with Gasteiger partial charge in [-0.3, -0.25) is 9.59 Å². The highest BCUT2D eigenvalue weighted by Gasteiger charge is 2.21. The Bertz CT molecular complexity index is 193. The number of likely N-dealkylation sites (tertiary alicyclic amines) is 1. The van der Waals surface area contributed by atoms with Gasteiger partial charge in [-0.05, 0) is 6.42 Å². The van der Waals surface area contributed by atoms with E-state index in [1.165, 1.54) is 4.90 Å². The molecule has 2 amide bonds. The summed E-state index contributed by atoms with van der Waals surface area (Å²) in [7, 11) is 0. The molecule has 2 N–H and O–H groups in total. The Morgan fingerprint density at radius 2 is 2.42 bits per heavy atom. The number of amides is 2. The maximum Gasteiger partial charge on any atom is 0.241 e. The van der Waals surface area contributed by atoms with E-state index < -0.39 is 0 Å². The smallest absolute Gasteiger partial charge is 0.241 e. The van der Waals surface area contributed by atoms with Crippen LogP contribution in [-0.4, -0.2) is 41.6 Å². The number of carbonyl (C=O) groups is 2. The number of aliphatic hydroxyl groups is 1. The molecule has 5 nitrogen and oxygen atoms in total. The molecule has 1 fully saturated rings. The third-order valence-corrected chi connectivity index (χ3v) is 1.78. The molecule has 1 rings (SSSR count). The molecular formula is C7H12N2O3. The maximum absolute atomic E-state index is 11.0. The molecule has 0 saturated carbocycles. The zero-order valence-corrected chi connectivity index (χ0v) is 6.75. The van der Waals surface area contributed by atoms with Crippen molar-refractivity contribution in [2.24, 2.45) is 0 Å². The Labute approximate surface area is 70.4 Å². The van der Waals surface area contributed by atoms with Crippen molar-refractivity contribution in [3.8, 4) is 0 Å². The Hall–Kier alpha value is -1.10. The molecule has 12 heavy (non-hydrogen) atoms. The van der Waals surface area contributed by atoms with Crippen LogP contribution in [0.25, 0.3) is 0 Å². The molecule has 0 aliphatic carbocycles. The molecule has 0 bridgehead atoms. The molecular weight excluding hydrogens is 160 g/mol. The van der Waals surface area contributed by atoms with E-state index in [0.29, 0.717) is 13.0 Å². The van der Waals surface area contributed by atoms with Crippen molar-refractivity contribution in [2.75, 3.05) is 19.8 Å². The lowest BCUT2D eigenvalue weighted by Crippen LogP contribution is -2.38. The van der Waals surface area contributed by atoms with Gasteiger partial charge in [0.25, 0.3) is 0 Å². The summed E-state index contributed by atoms with van der Waals surface area (Å²) in [6.07, 6.45) is 1.36. The predicted molar refractivity (Wildman–Crippen MR) is 41.0 cm³/mol. The number of hydrogen-bond donors (Lipinski definition) is 2. The Kier molecular flexibility index (Phi) is 3.04. The zero-order chi connectivity index (χ0) is 8.97. The van der Waals surface area contributed by atoms with Crippen LogP contribution in [0.4, 0.5) is 0 Å². The van der Waals surface area contributed by atoms with Gasteiger partial charge >= 0.3 is 0 Å². The zero-order valence-electron chi connectivity index (χ0n) is 6.75. The molecule has 68 valence electrons. The van der Waals surface area contributed by atoms with Crippen LogP contribution in [0.3, 0.4) is 0 Å². The monoisotopic (exact) mass is 172 g/mol. The molecule has 5 heteroatoms. The third kappa shape index (κ3) is 2.20. The van der Waals surface area contributed by atoms with Gasteiger partial charge in [-0.25, -0.2) is 0 Å². The van der Waals surface area contributed by atoms with E-state index in [4.69, 9.17) is 5.11 Å². The van der Waals surface area contributed by atoms with Gasteiger partial charge in [-0.15, -0.1) is 0 Å². The van der Waals surface area contributed by atoms with Crippen molar-refractivity contribution in [2.45, 2.75) is 12.8 Å². The van der Waals surface area contributed by atoms with Gasteiger partial charge < -0.3 is 15.3 Å². The molecule has 0 unspecified atom stereocenters. The third-order valence-electron chi connectivity index (χ3n) is 1.78. The second-order valence-electron chi connectivity index (χ2n) is 2.68. The fraction of sp³-hybridized carbons (Fsp3) is 0.714. The molecule has 0 spiro atoms. The first-order valence-electron chi connectivity index (χ1n) is 3.89. The molecule has 0 aromatic rings. The molecule has 0 atom stereocenters. The minimum absolute atomic E-state index is 0.0167. The fourth-order valence-corrected chi connectivity index (χ4v) is 1.19. The molecule has 1 aliphatic rings. The average Bonchev–Trinajstić information content (AvgIpc) is 2.37. The Morgan fingerprint density at radius 3 is 2.92 bits per heavy atom. The van der Waals surface area contributed by atoms with Crippen LogP contribution in [0.1, 0.15) is 12.8 Å². The van der Waals surface area contributed by atoms with Gasteiger partial charge in [0.05, 0.1) is 6.54 Å². The SMILES string of the molecule is O=C(CN1CCCC1=O)NCO. The molecule has 0 aromatic carbocycles. The normalized spacial score (nSPS) is 16.8. The lowest BCUT2D eigenvalue weighted by molar-refractivity contribution is -0.133. The lowest BCUT2D eigenvalue weighted by Gasteiger charge is -2.13. The van der Waals surface area contributed by atoms with Crippen molar-refractivity contribution >= 4 is 11.8 Å². The van der Waals surface area contributed by atoms with Crippen LogP contribution in [0.5, 0.6) is 0 Å². The highest BCUT2D eigenvalue weighted by molar-refractivity contribution is 5.85. The van der Waals surface area contributed by atoms with E-state index in [2.05, 4.69) is 5.32 Å². The van der Waals surface area contributed by atoms with Crippen LogP contribution >= 0.6 is 0 Å². The number of nitrogens with one attached hydrogen (secondary N) is 1. The Morgan fingerprint density at radius 1 is 1.67 bits per heavy atom. The predicted octanol–water partition coefficient (Wildman–Crippen LogP) is -1.33. The fourth-order valence-electron chi connectivity index (χ4n) is 1.19. The summed E-state index contributed by atoms with van der Waals surface area (Å²) in [5.41, 5.74) is 0. The van der Waals surface area contributed by atoms with Crippen LogP contribution in [-0.2, 0) is 9.59 Å². The van der Waals surface area contributed by atoms with Gasteiger partial charge in [0.2, 0.25) is 11.8 Å². The summed E-state index contributed by atoms with van der Waals surface area (Å²) in [5, 5.41) is 10.6. The summed E-state index contributed by atoms with van der Waals surface area (Å²) < 4.78 is 0. The maximum atomic E-state index is 11.0. The summed E-state index contributed by atoms with van der Waals surface area (Å²) in [6.45, 7) is 0.345. The summed E-state index contributed by atoms with van der Waals surface area (Å²) in [4.78, 5) is 23.4. The number of carbonyl (C=O) groups excluding carboxylic acids is 2. The minimum Gasteiger partial charge on any atom is -0.376 e. The topological polar surface area (TPSA) is 69.6 Å². The lowest BCUT2D eigenvalue weighted by atomic mass is 10.4. The standard InChI is InChI=1S/C7H12N2O3/c10-5-8-6(11)4-9-3-1-2-7(9)12/h10H,1-5H2,(H,8,11). The van der Waals surface area contributed by atoms with Crippen LogP contribution < -0.4 is 5.32 Å². The van der Waals surface area contributed by atoms with Gasteiger partial charge in [0, 0.05) is 13.0 Å². The first-order valence-corrected chi connectivity index (χ1v) is 3.89. The van der Waals surface area contributed by atoms with Gasteiger partial charge in [-0.2, -0.15) is 0 Å². The minimum atomic E-state index is -0.374. The summed E-state index contributed by atoms with van der Waals surface area (Å²) in [6, 6.07) is 0. The molecule has 1 heterocycles. The summed E-state index contributed by atoms with van der Waals surface area (Å²) in [5.74, 6) is -0.296. The second-order valence-corrected chi connectivity index (χ2v) is 2.68. The van der Waals surface area contributed by atoms with Crippen molar-refractivity contribution in [1.29, 1.82) is 0 Å². The van der Waals surface area contributed by atoms with Crippen LogP contribution in [0.2, 0.25) is 0 Å². The largest absolute Gasteiger partial charge is 0.376 e. The first-order chi connectivity index (χ1) is 5.74. The van der Waals surface area contributed by atoms with E-state index in [1.54, 1.807) is 0 Å². The van der Waals surface area contributed by atoms with E-state index in [9.17, 15) is 9.59 Å². The van der Waals surface area contributed by atoms with Crippen LogP contribution in [0.15, 0.2) is 0 Å². The van der Waals surface area contributed by atoms with Gasteiger partial charge in [0.15, 0.2) is 0 Å². The van der Waals surface area contributed by atoms with Crippen molar-refractivity contribution in [3.05, 3.63) is 0 Å². The van der Waals surface area contributed by atoms with E-state index >= 15 is 0 Å². The molecule has 0 radical (unpaired) electrons. The van der Waals surface area contributed by atoms with Gasteiger partial charge in [-0.1, -0.05) is 0 Å². The molecule has 1 aliphatic heterocycles. The highest BCUT2D eigenvalue weighted by atomic mass is 16.3. The van der Waals surface area contributed by atoms with Crippen molar-refractivity contribution in [1.82, 2.24) is 10.2 Å². The second kappa shape index (κ2) is 4.06. The number of nitrogens with zero attached hydrogens (tertiary/aromatic N) is 1. The van der Waals surface area contributed by atoms with Crippen LogP contribution in [0, 0.1) is 0 Å². The molecule has 0 aromatic heterocycles. The van der Waals surface area contributed by atoms with E-state index in [0.717, 1.165) is 6.42 Å². The quantitative estimate of drug-likeness (QED) is 0.518. The number of aliphatic hydroxyl groups excluding tert-OH is 1. The van der Waals surface area contributed by atoms with Crippen molar-refractivity contribution in [3.63, 3.8) is 0 Å². The average molecular weight is 172 g/mol. The Balaban J connectivity index is 2.30. The number of rotatable bonds is 3. The first kappa shape index (κ1) is 8.99.